The van der Waals surface area contributed by atoms with Crippen LogP contribution < -0.4 is 5.73 Å². The van der Waals surface area contributed by atoms with Crippen LogP contribution in [0.15, 0.2) is 4.99 Å². The second-order valence-corrected chi connectivity index (χ2v) is 6.85. The van der Waals surface area contributed by atoms with Gasteiger partial charge in [-0.25, -0.2) is 9.37 Å². The van der Waals surface area contributed by atoms with Gasteiger partial charge in [-0.05, 0) is 29.6 Å². The lowest BCUT2D eigenvalue weighted by Crippen LogP contribution is -2.61. The second-order valence-electron chi connectivity index (χ2n) is 5.90. The van der Waals surface area contributed by atoms with Gasteiger partial charge >= 0.3 is 11.2 Å². The van der Waals surface area contributed by atoms with Gasteiger partial charge in [0.05, 0.1) is 12.3 Å². The van der Waals surface area contributed by atoms with E-state index in [1.807, 2.05) is 4.58 Å². The Bertz CT molecular complexity index is 616. The molecule has 1 atom stereocenters. The fourth-order valence-corrected chi connectivity index (χ4v) is 3.55. The van der Waals surface area contributed by atoms with E-state index in [4.69, 9.17) is 5.73 Å². The van der Waals surface area contributed by atoms with Crippen molar-refractivity contribution in [1.82, 2.24) is 9.80 Å². The summed E-state index contributed by atoms with van der Waals surface area (Å²) in [6.45, 7) is 2.79. The Balaban J connectivity index is 2.26. The van der Waals surface area contributed by atoms with E-state index in [0.717, 1.165) is 30.6 Å². The van der Waals surface area contributed by atoms with Gasteiger partial charge in [0.1, 0.15) is 0 Å². The van der Waals surface area contributed by atoms with Crippen molar-refractivity contribution in [2.75, 3.05) is 26.4 Å². The van der Waals surface area contributed by atoms with Crippen molar-refractivity contribution < 1.29 is 19.0 Å². The Hall–Kier alpha value is -1.90. The highest BCUT2D eigenvalue weighted by Crippen LogP contribution is 2.23. The van der Waals surface area contributed by atoms with Gasteiger partial charge in [0.15, 0.2) is 0 Å². The molecule has 132 valence electrons. The highest BCUT2D eigenvalue weighted by Gasteiger charge is 2.52. The molecule has 24 heavy (non-hydrogen) atoms. The third-order valence-corrected chi connectivity index (χ3v) is 5.10. The van der Waals surface area contributed by atoms with Crippen LogP contribution in [0.1, 0.15) is 32.6 Å². The van der Waals surface area contributed by atoms with E-state index in [-0.39, 0.29) is 11.7 Å². The molecule has 0 saturated carbocycles. The van der Waals surface area contributed by atoms with Gasteiger partial charge in [-0.2, -0.15) is 0 Å². The zero-order valence-corrected chi connectivity index (χ0v) is 15.1. The largest absolute Gasteiger partial charge is 0.369 e. The molecule has 0 aromatic rings. The minimum Gasteiger partial charge on any atom is -0.369 e. The fraction of sp³-hybridized carbons (Fsp3) is 0.667. The average Bonchev–Trinajstić information content (AvgIpc) is 2.91. The summed E-state index contributed by atoms with van der Waals surface area (Å²) in [4.78, 5) is 42.7. The molecule has 9 heteroatoms. The molecular weight excluding hydrogens is 330 g/mol. The first-order valence-corrected chi connectivity index (χ1v) is 9.05. The van der Waals surface area contributed by atoms with Crippen LogP contribution in [0.4, 0.5) is 4.79 Å². The van der Waals surface area contributed by atoms with Crippen molar-refractivity contribution in [2.45, 2.75) is 38.6 Å². The maximum Gasteiger partial charge on any atom is 0.358 e. The van der Waals surface area contributed by atoms with Crippen molar-refractivity contribution in [2.24, 2.45) is 10.7 Å². The normalized spacial score (nSPS) is 20.6. The summed E-state index contributed by atoms with van der Waals surface area (Å²) >= 11 is 1.21. The number of nitrogens with two attached hydrogens (primary N) is 1. The van der Waals surface area contributed by atoms with Crippen molar-refractivity contribution in [1.29, 1.82) is 0 Å². The smallest absolute Gasteiger partial charge is 0.358 e. The molecule has 2 N–H and O–H groups in total. The Morgan fingerprint density at radius 2 is 1.96 bits per heavy atom. The van der Waals surface area contributed by atoms with Crippen molar-refractivity contribution in [3.63, 3.8) is 0 Å². The highest BCUT2D eigenvalue weighted by molar-refractivity contribution is 8.14. The SMILES string of the molecule is CCCCCC[N+]1=C(SCC(N)=O)N=C2C1C(=O)N(C)C(=O)N2C. The molecule has 2 aliphatic rings. The molecule has 1 saturated heterocycles. The van der Waals surface area contributed by atoms with Crippen LogP contribution in [-0.4, -0.2) is 75.7 Å². The molecule has 8 nitrogen and oxygen atoms in total. The van der Waals surface area contributed by atoms with Crippen LogP contribution in [0.5, 0.6) is 0 Å². The first-order chi connectivity index (χ1) is 11.4. The highest BCUT2D eigenvalue weighted by atomic mass is 32.2. The van der Waals surface area contributed by atoms with Gasteiger partial charge in [0.2, 0.25) is 5.91 Å². The molecule has 1 unspecified atom stereocenters. The molecule has 2 aliphatic heterocycles. The third kappa shape index (κ3) is 3.61. The predicted octanol–water partition coefficient (Wildman–Crippen LogP) is 0.458. The van der Waals surface area contributed by atoms with Crippen LogP contribution in [0.2, 0.25) is 0 Å². The topological polar surface area (TPSA) is 99.1 Å². The third-order valence-electron chi connectivity index (χ3n) is 4.09. The van der Waals surface area contributed by atoms with E-state index in [1.54, 1.807) is 7.05 Å². The first kappa shape index (κ1) is 18.4. The number of carbonyl (C=O) groups is 3. The number of hydrogen-bond acceptors (Lipinski definition) is 5. The number of rotatable bonds is 7. The number of primary amides is 1. The fourth-order valence-electron chi connectivity index (χ4n) is 2.76. The van der Waals surface area contributed by atoms with Gasteiger partial charge in [0, 0.05) is 14.1 Å². The minimum absolute atomic E-state index is 0.0893. The average molecular weight is 354 g/mol. The van der Waals surface area contributed by atoms with Crippen molar-refractivity contribution in [3.8, 4) is 0 Å². The zero-order valence-electron chi connectivity index (χ0n) is 14.3. The van der Waals surface area contributed by atoms with Gasteiger partial charge < -0.3 is 5.73 Å². The number of amidine groups is 2. The van der Waals surface area contributed by atoms with Gasteiger partial charge in [-0.15, -0.1) is 0 Å². The standard InChI is InChI=1S/C15H23N5O3S/c1-4-5-6-7-8-20-11-12(17-14(20)24-9-10(16)21)18(2)15(23)19(3)13(11)22/h11H,4-9H2,1-3H3,(H-,16,21)/p+1. The Kier molecular flexibility index (Phi) is 5.98. The molecule has 2 heterocycles. The Morgan fingerprint density at radius 1 is 1.25 bits per heavy atom. The van der Waals surface area contributed by atoms with Crippen LogP contribution in [0, 0.1) is 0 Å². The molecule has 0 aromatic carbocycles. The van der Waals surface area contributed by atoms with Crippen molar-refractivity contribution in [3.05, 3.63) is 0 Å². The van der Waals surface area contributed by atoms with E-state index in [2.05, 4.69) is 11.9 Å². The van der Waals surface area contributed by atoms with E-state index in [9.17, 15) is 14.4 Å². The van der Waals surface area contributed by atoms with Crippen LogP contribution >= 0.6 is 11.8 Å². The number of thioether (sulfide) groups is 1. The predicted molar refractivity (Wildman–Crippen MR) is 93.1 cm³/mol. The first-order valence-electron chi connectivity index (χ1n) is 8.07. The summed E-state index contributed by atoms with van der Waals surface area (Å²) in [5, 5.41) is 0.577. The second kappa shape index (κ2) is 7.78. The summed E-state index contributed by atoms with van der Waals surface area (Å²) in [6.07, 6.45) is 4.23. The number of aliphatic imine (C=N–C) groups is 1. The lowest BCUT2D eigenvalue weighted by molar-refractivity contribution is -0.533. The summed E-state index contributed by atoms with van der Waals surface area (Å²) in [7, 11) is 3.08. The summed E-state index contributed by atoms with van der Waals surface area (Å²) in [5.74, 6) is -0.222. The number of imide groups is 1. The number of urea groups is 1. The number of unbranched alkanes of at least 4 members (excludes halogenated alkanes) is 3. The summed E-state index contributed by atoms with van der Waals surface area (Å²) in [6, 6.07) is -1.00. The molecule has 0 bridgehead atoms. The summed E-state index contributed by atoms with van der Waals surface area (Å²) in [5.41, 5.74) is 5.22. The van der Waals surface area contributed by atoms with E-state index >= 15 is 0 Å². The molecule has 4 amide bonds. The van der Waals surface area contributed by atoms with Crippen molar-refractivity contribution >= 4 is 40.6 Å². The lowest BCUT2D eigenvalue weighted by Gasteiger charge is -2.30. The van der Waals surface area contributed by atoms with Crippen LogP contribution in [-0.2, 0) is 9.59 Å². The van der Waals surface area contributed by atoms with E-state index in [0.29, 0.717) is 17.5 Å². The molecule has 1 fully saturated rings. The number of hydrogen-bond donors (Lipinski definition) is 1. The lowest BCUT2D eigenvalue weighted by atomic mass is 10.1. The van der Waals surface area contributed by atoms with Crippen LogP contribution in [0.25, 0.3) is 0 Å². The molecular formula is C15H24N5O3S+. The maximum atomic E-state index is 12.6. The number of likely N-dealkylation sites (N-methyl/N-ethyl adjacent to an activating group) is 2. The van der Waals surface area contributed by atoms with Gasteiger partial charge in [0.25, 0.3) is 17.8 Å². The maximum absolute atomic E-state index is 12.6. The van der Waals surface area contributed by atoms with E-state index in [1.165, 1.54) is 23.7 Å². The van der Waals surface area contributed by atoms with E-state index < -0.39 is 18.0 Å². The van der Waals surface area contributed by atoms with Gasteiger partial charge in [-0.3, -0.25) is 19.4 Å². The number of amides is 4. The number of nitrogens with zero attached hydrogens (tertiary/aromatic N) is 4. The molecule has 0 spiro atoms. The summed E-state index contributed by atoms with van der Waals surface area (Å²) < 4.78 is 1.89. The molecule has 0 aromatic heterocycles. The zero-order chi connectivity index (χ0) is 17.9. The van der Waals surface area contributed by atoms with Crippen LogP contribution in [0.3, 0.4) is 0 Å². The molecule has 0 radical (unpaired) electrons. The number of carbonyl (C=O) groups excluding carboxylic acids is 3. The Morgan fingerprint density at radius 3 is 2.58 bits per heavy atom. The quantitative estimate of drug-likeness (QED) is 0.530. The minimum atomic E-state index is -0.602. The molecule has 2 rings (SSSR count). The monoisotopic (exact) mass is 354 g/mol. The van der Waals surface area contributed by atoms with Gasteiger partial charge in [-0.1, -0.05) is 19.8 Å². The Labute approximate surface area is 145 Å². The number of fused-ring (bicyclic) bond motifs is 1. The molecule has 0 aliphatic carbocycles.